The van der Waals surface area contributed by atoms with Gasteiger partial charge in [-0.05, 0) is 24.3 Å². The summed E-state index contributed by atoms with van der Waals surface area (Å²) in [7, 11) is -3.84. The second-order valence-corrected chi connectivity index (χ2v) is 5.93. The van der Waals surface area contributed by atoms with Gasteiger partial charge in [0.1, 0.15) is 11.0 Å². The van der Waals surface area contributed by atoms with E-state index in [0.29, 0.717) is 17.2 Å². The molecule has 106 valence electrons. The summed E-state index contributed by atoms with van der Waals surface area (Å²) in [5.74, 6) is 1.04. The average molecular weight is 302 g/mol. The van der Waals surface area contributed by atoms with Crippen LogP contribution in [0.15, 0.2) is 47.4 Å². The molecule has 1 aliphatic rings. The third-order valence-corrected chi connectivity index (χ3v) is 4.36. The van der Waals surface area contributed by atoms with Crippen molar-refractivity contribution < 1.29 is 17.9 Å². The van der Waals surface area contributed by atoms with Gasteiger partial charge in [-0.3, -0.25) is 4.72 Å². The predicted octanol–water partition coefficient (Wildman–Crippen LogP) is 2.09. The minimum atomic E-state index is -3.84. The molecule has 0 fully saturated rings. The molecule has 2 aromatic carbocycles. The first-order valence-corrected chi connectivity index (χ1v) is 7.50. The van der Waals surface area contributed by atoms with Gasteiger partial charge >= 0.3 is 0 Å². The molecule has 21 heavy (non-hydrogen) atoms. The van der Waals surface area contributed by atoms with Gasteiger partial charge < -0.3 is 9.47 Å². The van der Waals surface area contributed by atoms with Crippen molar-refractivity contribution in [3.05, 3.63) is 48.0 Å². The van der Waals surface area contributed by atoms with E-state index in [1.54, 1.807) is 24.3 Å². The molecule has 1 aliphatic heterocycles. The Kier molecular flexibility index (Phi) is 3.16. The molecule has 0 saturated heterocycles. The number of benzene rings is 2. The van der Waals surface area contributed by atoms with Crippen LogP contribution >= 0.6 is 0 Å². The number of sulfonamides is 1. The van der Waals surface area contributed by atoms with E-state index in [1.807, 2.05) is 6.07 Å². The molecule has 1 heterocycles. The Morgan fingerprint density at radius 1 is 1.10 bits per heavy atom. The molecular weight excluding hydrogens is 292 g/mol. The van der Waals surface area contributed by atoms with Crippen molar-refractivity contribution in [3.63, 3.8) is 0 Å². The monoisotopic (exact) mass is 302 g/mol. The van der Waals surface area contributed by atoms with Crippen molar-refractivity contribution in [3.8, 4) is 17.6 Å². The van der Waals surface area contributed by atoms with Gasteiger partial charge in [0.05, 0.1) is 11.3 Å². The highest BCUT2D eigenvalue weighted by Gasteiger charge is 2.20. The van der Waals surface area contributed by atoms with Crippen molar-refractivity contribution in [2.45, 2.75) is 4.90 Å². The Bertz CT molecular complexity index is 840. The van der Waals surface area contributed by atoms with Crippen molar-refractivity contribution in [1.82, 2.24) is 0 Å². The standard InChI is InChI=1S/C14H10N2O4S/c15-8-10-3-1-2-4-14(10)21(17,18)16-11-5-6-12-13(7-11)20-9-19-12/h1-7,16H,9H2. The first-order valence-electron chi connectivity index (χ1n) is 6.02. The molecule has 0 bridgehead atoms. The van der Waals surface area contributed by atoms with Crippen LogP contribution in [0, 0.1) is 11.3 Å². The van der Waals surface area contributed by atoms with Gasteiger partial charge in [-0.15, -0.1) is 0 Å². The third-order valence-electron chi connectivity index (χ3n) is 2.92. The molecule has 7 heteroatoms. The van der Waals surface area contributed by atoms with Gasteiger partial charge in [-0.2, -0.15) is 5.26 Å². The Balaban J connectivity index is 1.95. The zero-order valence-corrected chi connectivity index (χ0v) is 11.6. The molecule has 0 saturated carbocycles. The van der Waals surface area contributed by atoms with Crippen molar-refractivity contribution in [2.24, 2.45) is 0 Å². The van der Waals surface area contributed by atoms with Gasteiger partial charge in [-0.25, -0.2) is 8.42 Å². The second-order valence-electron chi connectivity index (χ2n) is 4.28. The average Bonchev–Trinajstić information content (AvgIpc) is 2.94. The third kappa shape index (κ3) is 2.49. The molecule has 3 rings (SSSR count). The van der Waals surface area contributed by atoms with Crippen LogP contribution in [-0.2, 0) is 10.0 Å². The maximum atomic E-state index is 12.3. The Morgan fingerprint density at radius 3 is 2.67 bits per heavy atom. The number of anilines is 1. The highest BCUT2D eigenvalue weighted by atomic mass is 32.2. The smallest absolute Gasteiger partial charge is 0.263 e. The molecule has 0 spiro atoms. The lowest BCUT2D eigenvalue weighted by atomic mass is 10.2. The summed E-state index contributed by atoms with van der Waals surface area (Å²) in [5.41, 5.74) is 0.428. The van der Waals surface area contributed by atoms with Crippen LogP contribution in [-0.4, -0.2) is 15.2 Å². The van der Waals surface area contributed by atoms with Crippen LogP contribution in [0.1, 0.15) is 5.56 Å². The first-order chi connectivity index (χ1) is 10.1. The van der Waals surface area contributed by atoms with Crippen LogP contribution in [0.3, 0.4) is 0 Å². The largest absolute Gasteiger partial charge is 0.454 e. The van der Waals surface area contributed by atoms with E-state index in [1.165, 1.54) is 18.2 Å². The molecule has 6 nitrogen and oxygen atoms in total. The van der Waals surface area contributed by atoms with Crippen LogP contribution in [0.5, 0.6) is 11.5 Å². The van der Waals surface area contributed by atoms with Gasteiger partial charge in [0, 0.05) is 6.07 Å². The van der Waals surface area contributed by atoms with Gasteiger partial charge in [0.2, 0.25) is 6.79 Å². The number of hydrogen-bond acceptors (Lipinski definition) is 5. The fraction of sp³-hybridized carbons (Fsp3) is 0.0714. The summed E-state index contributed by atoms with van der Waals surface area (Å²) >= 11 is 0. The topological polar surface area (TPSA) is 88.4 Å². The van der Waals surface area contributed by atoms with E-state index in [9.17, 15) is 8.42 Å². The van der Waals surface area contributed by atoms with E-state index in [4.69, 9.17) is 14.7 Å². The zero-order valence-electron chi connectivity index (χ0n) is 10.7. The van der Waals surface area contributed by atoms with Gasteiger partial charge in [0.15, 0.2) is 11.5 Å². The Labute approximate surface area is 121 Å². The Morgan fingerprint density at radius 2 is 1.86 bits per heavy atom. The lowest BCUT2D eigenvalue weighted by molar-refractivity contribution is 0.174. The molecule has 2 aromatic rings. The van der Waals surface area contributed by atoms with Crippen LogP contribution in [0.2, 0.25) is 0 Å². The molecule has 0 aliphatic carbocycles. The second kappa shape index (κ2) is 5.00. The fourth-order valence-electron chi connectivity index (χ4n) is 1.96. The Hall–Kier alpha value is -2.72. The van der Waals surface area contributed by atoms with Crippen molar-refractivity contribution in [1.29, 1.82) is 5.26 Å². The first kappa shape index (κ1) is 13.3. The summed E-state index contributed by atoms with van der Waals surface area (Å²) in [6, 6.07) is 12.6. The molecule has 0 radical (unpaired) electrons. The number of hydrogen-bond donors (Lipinski definition) is 1. The van der Waals surface area contributed by atoms with Crippen LogP contribution in [0.4, 0.5) is 5.69 Å². The number of ether oxygens (including phenoxy) is 2. The highest BCUT2D eigenvalue weighted by molar-refractivity contribution is 7.92. The number of nitriles is 1. The minimum Gasteiger partial charge on any atom is -0.454 e. The summed E-state index contributed by atoms with van der Waals surface area (Å²) in [6.07, 6.45) is 0. The van der Waals surface area contributed by atoms with E-state index in [-0.39, 0.29) is 17.3 Å². The SMILES string of the molecule is N#Cc1ccccc1S(=O)(=O)Nc1ccc2c(c1)OCO2. The highest BCUT2D eigenvalue weighted by Crippen LogP contribution is 2.34. The van der Waals surface area contributed by atoms with E-state index < -0.39 is 10.0 Å². The van der Waals surface area contributed by atoms with Gasteiger partial charge in [0.25, 0.3) is 10.0 Å². The summed E-state index contributed by atoms with van der Waals surface area (Å²) in [4.78, 5) is -0.0647. The van der Waals surface area contributed by atoms with Crippen molar-refractivity contribution in [2.75, 3.05) is 11.5 Å². The van der Waals surface area contributed by atoms with Crippen LogP contribution in [0.25, 0.3) is 0 Å². The minimum absolute atomic E-state index is 0.0647. The summed E-state index contributed by atoms with van der Waals surface area (Å²) < 4.78 is 37.5. The number of nitrogens with zero attached hydrogens (tertiary/aromatic N) is 1. The lowest BCUT2D eigenvalue weighted by Gasteiger charge is -2.09. The fourth-order valence-corrected chi connectivity index (χ4v) is 3.17. The predicted molar refractivity (Wildman–Crippen MR) is 74.5 cm³/mol. The van der Waals surface area contributed by atoms with Crippen LogP contribution < -0.4 is 14.2 Å². The van der Waals surface area contributed by atoms with Crippen molar-refractivity contribution >= 4 is 15.7 Å². The number of fused-ring (bicyclic) bond motifs is 1. The number of rotatable bonds is 3. The number of nitrogens with one attached hydrogen (secondary N) is 1. The zero-order chi connectivity index (χ0) is 14.9. The normalized spacial score (nSPS) is 12.7. The van der Waals surface area contributed by atoms with E-state index in [0.717, 1.165) is 0 Å². The molecule has 0 amide bonds. The lowest BCUT2D eigenvalue weighted by Crippen LogP contribution is -2.14. The maximum absolute atomic E-state index is 12.3. The molecule has 0 unspecified atom stereocenters. The molecule has 0 atom stereocenters. The molecular formula is C14H10N2O4S. The maximum Gasteiger partial charge on any atom is 0.263 e. The summed E-state index contributed by atoms with van der Waals surface area (Å²) in [6.45, 7) is 0.114. The van der Waals surface area contributed by atoms with E-state index in [2.05, 4.69) is 4.72 Å². The van der Waals surface area contributed by atoms with Gasteiger partial charge in [-0.1, -0.05) is 12.1 Å². The van der Waals surface area contributed by atoms with E-state index >= 15 is 0 Å². The summed E-state index contributed by atoms with van der Waals surface area (Å²) in [5, 5.41) is 9.00. The molecule has 1 N–H and O–H groups in total. The molecule has 0 aromatic heterocycles. The quantitative estimate of drug-likeness (QED) is 0.937.